The first kappa shape index (κ1) is 7.99. The van der Waals surface area contributed by atoms with Crippen molar-refractivity contribution in [1.82, 2.24) is 5.32 Å². The molecular formula is C6H12ClN. The number of allylic oxidation sites excluding steroid dienone is 1. The fraction of sp³-hybridized carbons (Fsp3) is 0.667. The number of nitrogens with one attached hydrogen (secondary N) is 1. The number of hydrogen-bond donors (Lipinski definition) is 1. The summed E-state index contributed by atoms with van der Waals surface area (Å²) in [5.74, 6) is 0. The van der Waals surface area contributed by atoms with E-state index >= 15 is 0 Å². The maximum absolute atomic E-state index is 3.25. The molecule has 0 radical (unpaired) electrons. The SMILES string of the molecule is CC=C1CCNC1.Cl. The third-order valence-corrected chi connectivity index (χ3v) is 1.38. The van der Waals surface area contributed by atoms with Gasteiger partial charge in [-0.15, -0.1) is 12.4 Å². The first-order valence-corrected chi connectivity index (χ1v) is 2.78. The second-order valence-corrected chi connectivity index (χ2v) is 1.87. The Kier molecular flexibility index (Phi) is 3.92. The molecule has 1 aliphatic heterocycles. The van der Waals surface area contributed by atoms with Gasteiger partial charge in [0.15, 0.2) is 0 Å². The molecule has 1 aliphatic rings. The van der Waals surface area contributed by atoms with Crippen LogP contribution in [0.5, 0.6) is 0 Å². The van der Waals surface area contributed by atoms with Crippen LogP contribution in [0.3, 0.4) is 0 Å². The highest BCUT2D eigenvalue weighted by molar-refractivity contribution is 5.85. The third kappa shape index (κ3) is 1.85. The summed E-state index contributed by atoms with van der Waals surface area (Å²) in [6, 6.07) is 0. The lowest BCUT2D eigenvalue weighted by Gasteiger charge is -1.85. The predicted octanol–water partition coefficient (Wildman–Crippen LogP) is 1.35. The molecule has 48 valence electrons. The summed E-state index contributed by atoms with van der Waals surface area (Å²) < 4.78 is 0. The summed E-state index contributed by atoms with van der Waals surface area (Å²) in [7, 11) is 0. The van der Waals surface area contributed by atoms with Crippen molar-refractivity contribution in [3.8, 4) is 0 Å². The molecule has 1 fully saturated rings. The van der Waals surface area contributed by atoms with Gasteiger partial charge in [-0.05, 0) is 19.9 Å². The molecule has 0 aromatic heterocycles. The van der Waals surface area contributed by atoms with Gasteiger partial charge in [0.25, 0.3) is 0 Å². The summed E-state index contributed by atoms with van der Waals surface area (Å²) in [6.45, 7) is 4.40. The van der Waals surface area contributed by atoms with Crippen LogP contribution in [0.15, 0.2) is 11.6 Å². The van der Waals surface area contributed by atoms with Crippen molar-refractivity contribution < 1.29 is 0 Å². The van der Waals surface area contributed by atoms with E-state index in [9.17, 15) is 0 Å². The van der Waals surface area contributed by atoms with Gasteiger partial charge in [0.1, 0.15) is 0 Å². The maximum atomic E-state index is 3.25. The quantitative estimate of drug-likeness (QED) is 0.492. The van der Waals surface area contributed by atoms with E-state index in [1.165, 1.54) is 13.0 Å². The summed E-state index contributed by atoms with van der Waals surface area (Å²) in [4.78, 5) is 0. The van der Waals surface area contributed by atoms with Crippen LogP contribution in [0.4, 0.5) is 0 Å². The molecule has 0 aromatic carbocycles. The van der Waals surface area contributed by atoms with E-state index in [-0.39, 0.29) is 12.4 Å². The molecule has 1 nitrogen and oxygen atoms in total. The Morgan fingerprint density at radius 2 is 2.38 bits per heavy atom. The molecule has 1 rings (SSSR count). The second kappa shape index (κ2) is 3.93. The Balaban J connectivity index is 0.000000490. The fourth-order valence-electron chi connectivity index (χ4n) is 0.833. The fourth-order valence-corrected chi connectivity index (χ4v) is 0.833. The van der Waals surface area contributed by atoms with Crippen LogP contribution >= 0.6 is 12.4 Å². The molecule has 1 heterocycles. The van der Waals surface area contributed by atoms with Crippen molar-refractivity contribution in [2.75, 3.05) is 13.1 Å². The van der Waals surface area contributed by atoms with Gasteiger partial charge in [0.2, 0.25) is 0 Å². The molecule has 1 saturated heterocycles. The molecule has 0 aliphatic carbocycles. The van der Waals surface area contributed by atoms with Crippen LogP contribution in [0.1, 0.15) is 13.3 Å². The Bertz CT molecular complexity index is 80.5. The maximum Gasteiger partial charge on any atom is 0.0165 e. The first-order chi connectivity index (χ1) is 3.43. The Labute approximate surface area is 56.6 Å². The number of rotatable bonds is 0. The lowest BCUT2D eigenvalue weighted by Crippen LogP contribution is -2.04. The van der Waals surface area contributed by atoms with Crippen molar-refractivity contribution >= 4 is 12.4 Å². The number of hydrogen-bond acceptors (Lipinski definition) is 1. The molecule has 0 saturated carbocycles. The Morgan fingerprint density at radius 1 is 1.62 bits per heavy atom. The Morgan fingerprint density at radius 3 is 2.62 bits per heavy atom. The highest BCUT2D eigenvalue weighted by Crippen LogP contribution is 2.03. The van der Waals surface area contributed by atoms with Crippen LogP contribution in [0.25, 0.3) is 0 Å². The zero-order valence-corrected chi connectivity index (χ0v) is 5.92. The molecule has 0 bridgehead atoms. The third-order valence-electron chi connectivity index (χ3n) is 1.38. The van der Waals surface area contributed by atoms with Crippen LogP contribution < -0.4 is 5.32 Å². The molecule has 1 N–H and O–H groups in total. The van der Waals surface area contributed by atoms with Crippen molar-refractivity contribution in [2.24, 2.45) is 0 Å². The highest BCUT2D eigenvalue weighted by Gasteiger charge is 2.01. The smallest absolute Gasteiger partial charge is 0.0165 e. The zero-order valence-electron chi connectivity index (χ0n) is 5.11. The molecule has 0 spiro atoms. The topological polar surface area (TPSA) is 12.0 Å². The standard InChI is InChI=1S/C6H11N.ClH/c1-2-6-3-4-7-5-6;/h2,7H,3-5H2,1H3;1H. The highest BCUT2D eigenvalue weighted by atomic mass is 35.5. The average Bonchev–Trinajstić information content (AvgIpc) is 2.14. The van der Waals surface area contributed by atoms with E-state index in [1.807, 2.05) is 0 Å². The molecule has 0 amide bonds. The van der Waals surface area contributed by atoms with E-state index in [0.29, 0.717) is 0 Å². The van der Waals surface area contributed by atoms with E-state index in [2.05, 4.69) is 18.3 Å². The van der Waals surface area contributed by atoms with Crippen LogP contribution in [-0.2, 0) is 0 Å². The van der Waals surface area contributed by atoms with Gasteiger partial charge in [-0.1, -0.05) is 11.6 Å². The predicted molar refractivity (Wildman–Crippen MR) is 38.5 cm³/mol. The van der Waals surface area contributed by atoms with Gasteiger partial charge in [-0.3, -0.25) is 0 Å². The minimum atomic E-state index is 0. The monoisotopic (exact) mass is 133 g/mol. The number of halogens is 1. The van der Waals surface area contributed by atoms with Gasteiger partial charge in [-0.25, -0.2) is 0 Å². The van der Waals surface area contributed by atoms with Crippen molar-refractivity contribution in [3.63, 3.8) is 0 Å². The largest absolute Gasteiger partial charge is 0.313 e. The molecule has 0 unspecified atom stereocenters. The molecule has 2 heteroatoms. The Hall–Kier alpha value is -0.0100. The van der Waals surface area contributed by atoms with E-state index in [4.69, 9.17) is 0 Å². The van der Waals surface area contributed by atoms with E-state index < -0.39 is 0 Å². The molecule has 0 atom stereocenters. The summed E-state index contributed by atoms with van der Waals surface area (Å²) in [5.41, 5.74) is 1.56. The molecule has 0 aromatic rings. The summed E-state index contributed by atoms with van der Waals surface area (Å²) >= 11 is 0. The van der Waals surface area contributed by atoms with Gasteiger partial charge >= 0.3 is 0 Å². The van der Waals surface area contributed by atoms with Crippen molar-refractivity contribution in [3.05, 3.63) is 11.6 Å². The summed E-state index contributed by atoms with van der Waals surface area (Å²) in [6.07, 6.45) is 3.45. The first-order valence-electron chi connectivity index (χ1n) is 2.78. The van der Waals surface area contributed by atoms with Crippen LogP contribution in [-0.4, -0.2) is 13.1 Å². The molecular weight excluding hydrogens is 122 g/mol. The second-order valence-electron chi connectivity index (χ2n) is 1.87. The van der Waals surface area contributed by atoms with E-state index in [1.54, 1.807) is 5.57 Å². The van der Waals surface area contributed by atoms with E-state index in [0.717, 1.165) is 6.54 Å². The van der Waals surface area contributed by atoms with Crippen LogP contribution in [0, 0.1) is 0 Å². The lowest BCUT2D eigenvalue weighted by molar-refractivity contribution is 0.862. The van der Waals surface area contributed by atoms with Gasteiger partial charge in [-0.2, -0.15) is 0 Å². The van der Waals surface area contributed by atoms with Crippen molar-refractivity contribution in [2.45, 2.75) is 13.3 Å². The van der Waals surface area contributed by atoms with Gasteiger partial charge in [0, 0.05) is 6.54 Å². The van der Waals surface area contributed by atoms with Gasteiger partial charge < -0.3 is 5.32 Å². The normalized spacial score (nSPS) is 23.4. The average molecular weight is 134 g/mol. The minimum absolute atomic E-state index is 0. The minimum Gasteiger partial charge on any atom is -0.313 e. The van der Waals surface area contributed by atoms with Crippen LogP contribution in [0.2, 0.25) is 0 Å². The summed E-state index contributed by atoms with van der Waals surface area (Å²) in [5, 5.41) is 3.25. The molecule has 8 heavy (non-hydrogen) atoms. The zero-order chi connectivity index (χ0) is 5.11. The lowest BCUT2D eigenvalue weighted by atomic mass is 10.2. The van der Waals surface area contributed by atoms with Gasteiger partial charge in [0.05, 0.1) is 0 Å². The van der Waals surface area contributed by atoms with Crippen molar-refractivity contribution in [1.29, 1.82) is 0 Å².